The zero-order valence-corrected chi connectivity index (χ0v) is 12.8. The van der Waals surface area contributed by atoms with Crippen molar-refractivity contribution in [3.63, 3.8) is 0 Å². The van der Waals surface area contributed by atoms with Crippen molar-refractivity contribution in [1.82, 2.24) is 10.2 Å². The van der Waals surface area contributed by atoms with Gasteiger partial charge in [0.05, 0.1) is 0 Å². The first-order valence-corrected chi connectivity index (χ1v) is 7.50. The lowest BCUT2D eigenvalue weighted by molar-refractivity contribution is -0.127. The summed E-state index contributed by atoms with van der Waals surface area (Å²) in [7, 11) is 0.399. The van der Waals surface area contributed by atoms with Gasteiger partial charge in [-0.1, -0.05) is 13.2 Å². The van der Waals surface area contributed by atoms with Crippen molar-refractivity contribution >= 4 is 20.8 Å². The highest BCUT2D eigenvalue weighted by atomic mass is 28.2. The molecule has 19 heavy (non-hydrogen) atoms. The lowest BCUT2D eigenvalue weighted by Gasteiger charge is -2.22. The Balaban J connectivity index is 4.31. The van der Waals surface area contributed by atoms with E-state index in [0.717, 1.165) is 12.5 Å². The van der Waals surface area contributed by atoms with Crippen LogP contribution in [-0.4, -0.2) is 45.3 Å². The molecule has 0 rings (SSSR count). The van der Waals surface area contributed by atoms with Gasteiger partial charge in [-0.05, 0) is 35.3 Å². The first-order chi connectivity index (χ1) is 8.90. The zero-order chi connectivity index (χ0) is 14.8. The second kappa shape index (κ2) is 9.36. The number of rotatable bonds is 8. The maximum atomic E-state index is 11.9. The maximum absolute atomic E-state index is 11.9. The summed E-state index contributed by atoms with van der Waals surface area (Å²) in [6.07, 6.45) is 0.863. The fraction of sp³-hybridized carbons (Fsp3) is 0.500. The Morgan fingerprint density at radius 3 is 2.32 bits per heavy atom. The molecular formula is C14H22N2O2Si. The zero-order valence-electron chi connectivity index (χ0n) is 11.8. The number of carbonyl (C=O) groups is 2. The maximum Gasteiger partial charge on any atom is 0.248 e. The largest absolute Gasteiger partial charge is 0.351 e. The first-order valence-electron chi connectivity index (χ1n) is 6.22. The molecule has 0 aliphatic rings. The van der Waals surface area contributed by atoms with E-state index in [1.165, 1.54) is 0 Å². The van der Waals surface area contributed by atoms with Crippen molar-refractivity contribution in [2.45, 2.75) is 26.3 Å². The third-order valence-electron chi connectivity index (χ3n) is 2.46. The number of carbonyl (C=O) groups excluding carboxylic acids is 2. The third-order valence-corrected chi connectivity index (χ3v) is 3.10. The van der Waals surface area contributed by atoms with Gasteiger partial charge in [0, 0.05) is 30.8 Å². The quantitative estimate of drug-likeness (QED) is 0.412. The minimum absolute atomic E-state index is 0.0788. The molecule has 0 saturated carbocycles. The normalized spacial score (nSPS) is 9.32. The van der Waals surface area contributed by atoms with E-state index in [9.17, 15) is 9.59 Å². The number of hydrogen-bond acceptors (Lipinski definition) is 2. The number of hydrogen-bond donors (Lipinski definition) is 1. The van der Waals surface area contributed by atoms with Crippen molar-refractivity contribution in [1.29, 1.82) is 0 Å². The summed E-state index contributed by atoms with van der Waals surface area (Å²) in [5.41, 5.74) is 0.962. The Morgan fingerprint density at radius 1 is 1.21 bits per heavy atom. The average Bonchev–Trinajstić information content (AvgIpc) is 2.35. The summed E-state index contributed by atoms with van der Waals surface area (Å²) in [4.78, 5) is 25.0. The molecule has 0 spiro atoms. The lowest BCUT2D eigenvalue weighted by atomic mass is 10.2. The van der Waals surface area contributed by atoms with Crippen LogP contribution in [0.25, 0.3) is 0 Å². The Morgan fingerprint density at radius 2 is 1.84 bits per heavy atom. The van der Waals surface area contributed by atoms with Crippen LogP contribution in [0.3, 0.4) is 0 Å². The second-order valence-corrected chi connectivity index (χ2v) is 5.32. The molecule has 0 bridgehead atoms. The number of nitrogens with zero attached hydrogens (tertiary/aromatic N) is 1. The van der Waals surface area contributed by atoms with Crippen molar-refractivity contribution < 1.29 is 9.59 Å². The molecule has 0 atom stereocenters. The van der Waals surface area contributed by atoms with Crippen LogP contribution in [0, 0.1) is 6.00 Å². The molecule has 104 valence electrons. The summed E-state index contributed by atoms with van der Waals surface area (Å²) in [6, 6.07) is 6.36. The molecule has 5 heteroatoms. The van der Waals surface area contributed by atoms with Crippen molar-refractivity contribution in [3.8, 4) is 6.00 Å². The fourth-order valence-corrected chi connectivity index (χ4v) is 1.77. The van der Waals surface area contributed by atoms with E-state index in [-0.39, 0.29) is 11.8 Å². The van der Waals surface area contributed by atoms with Gasteiger partial charge in [0.15, 0.2) is 0 Å². The summed E-state index contributed by atoms with van der Waals surface area (Å²) < 4.78 is 0. The summed E-state index contributed by atoms with van der Waals surface area (Å²) in [5, 5.41) is 2.71. The molecular weight excluding hydrogens is 256 g/mol. The molecule has 0 aromatic carbocycles. The highest BCUT2D eigenvalue weighted by molar-refractivity contribution is 6.21. The molecule has 1 N–H and O–H groups in total. The number of nitrogens with one attached hydrogen (secondary N) is 1. The minimum atomic E-state index is -0.189. The van der Waals surface area contributed by atoms with Gasteiger partial charge in [-0.3, -0.25) is 9.59 Å². The topological polar surface area (TPSA) is 49.4 Å². The van der Waals surface area contributed by atoms with Gasteiger partial charge in [0.2, 0.25) is 11.8 Å². The molecule has 0 aromatic heterocycles. The predicted octanol–water partition coefficient (Wildman–Crippen LogP) is 1.18. The average molecular weight is 278 g/mol. The van der Waals surface area contributed by atoms with Crippen LogP contribution in [-0.2, 0) is 9.59 Å². The van der Waals surface area contributed by atoms with Crippen molar-refractivity contribution in [2.24, 2.45) is 0 Å². The van der Waals surface area contributed by atoms with Gasteiger partial charge in [-0.25, -0.2) is 0 Å². The van der Waals surface area contributed by atoms with E-state index < -0.39 is 0 Å². The summed E-state index contributed by atoms with van der Waals surface area (Å²) >= 11 is 0. The molecule has 0 saturated heterocycles. The smallest absolute Gasteiger partial charge is 0.248 e. The van der Waals surface area contributed by atoms with Crippen LogP contribution < -0.4 is 5.32 Å². The van der Waals surface area contributed by atoms with E-state index in [1.54, 1.807) is 18.7 Å². The van der Waals surface area contributed by atoms with Gasteiger partial charge in [-0.2, -0.15) is 6.00 Å². The summed E-state index contributed by atoms with van der Waals surface area (Å²) in [5.74, 6) is -0.268. The van der Waals surface area contributed by atoms with E-state index in [2.05, 4.69) is 18.5 Å². The van der Waals surface area contributed by atoms with Crippen LogP contribution >= 0.6 is 0 Å². The Bertz CT molecular complexity index is 410. The molecule has 2 amide bonds. The SMILES string of the molecule is C#[Si]CCCN(CCNC(=O)C(=C)C)C(=O)C(=C)C. The van der Waals surface area contributed by atoms with Gasteiger partial charge in [0.1, 0.15) is 0 Å². The fourth-order valence-electron chi connectivity index (χ4n) is 1.41. The van der Waals surface area contributed by atoms with Crippen LogP contribution in [0.15, 0.2) is 24.3 Å². The van der Waals surface area contributed by atoms with E-state index in [0.29, 0.717) is 39.7 Å². The molecule has 0 unspecified atom stereocenters. The molecule has 0 aliphatic heterocycles. The molecule has 0 radical (unpaired) electrons. The minimum Gasteiger partial charge on any atom is -0.351 e. The summed E-state index contributed by atoms with van der Waals surface area (Å²) in [6.45, 7) is 12.1. The highest BCUT2D eigenvalue weighted by Crippen LogP contribution is 2.01. The van der Waals surface area contributed by atoms with Gasteiger partial charge < -0.3 is 10.2 Å². The van der Waals surface area contributed by atoms with Gasteiger partial charge >= 0.3 is 0 Å². The Labute approximate surface area is 117 Å². The van der Waals surface area contributed by atoms with Crippen LogP contribution in [0.1, 0.15) is 20.3 Å². The van der Waals surface area contributed by atoms with Crippen molar-refractivity contribution in [2.75, 3.05) is 19.6 Å². The molecule has 0 aromatic rings. The molecule has 0 aliphatic carbocycles. The lowest BCUT2D eigenvalue weighted by Crippen LogP contribution is -2.39. The van der Waals surface area contributed by atoms with E-state index in [4.69, 9.17) is 6.00 Å². The van der Waals surface area contributed by atoms with E-state index >= 15 is 0 Å². The molecule has 0 fully saturated rings. The monoisotopic (exact) mass is 278 g/mol. The van der Waals surface area contributed by atoms with Crippen LogP contribution in [0.4, 0.5) is 0 Å². The van der Waals surface area contributed by atoms with Crippen LogP contribution in [0.2, 0.25) is 6.04 Å². The predicted molar refractivity (Wildman–Crippen MR) is 79.3 cm³/mol. The molecule has 4 nitrogen and oxygen atoms in total. The third kappa shape index (κ3) is 7.44. The molecule has 0 heterocycles. The highest BCUT2D eigenvalue weighted by Gasteiger charge is 2.13. The van der Waals surface area contributed by atoms with E-state index in [1.807, 2.05) is 0 Å². The number of amides is 2. The van der Waals surface area contributed by atoms with Crippen LogP contribution in [0.5, 0.6) is 0 Å². The standard InChI is InChI=1S/C14H22N2O2Si/c1-11(2)13(17)15-7-9-16(8-6-10-19-5)14(18)12(3)4/h5H,1,3,6-10H2,2,4H3,(H,15,17). The Hall–Kier alpha value is -1.58. The first kappa shape index (κ1) is 17.4. The van der Waals surface area contributed by atoms with Gasteiger partial charge in [-0.15, -0.1) is 0 Å². The van der Waals surface area contributed by atoms with Gasteiger partial charge in [0.25, 0.3) is 0 Å². The Kier molecular flexibility index (Phi) is 8.58. The second-order valence-electron chi connectivity index (χ2n) is 4.42. The van der Waals surface area contributed by atoms with Crippen molar-refractivity contribution in [3.05, 3.63) is 24.3 Å².